The molecule has 1 aromatic heterocycles. The van der Waals surface area contributed by atoms with Crippen LogP contribution < -0.4 is 4.74 Å². The van der Waals surface area contributed by atoms with Crippen molar-refractivity contribution < 1.29 is 14.3 Å². The van der Waals surface area contributed by atoms with Gasteiger partial charge < -0.3 is 14.4 Å². The zero-order valence-corrected chi connectivity index (χ0v) is 13.1. The Morgan fingerprint density at radius 2 is 2.30 bits per heavy atom. The standard InChI is InChI=1S/C17H21N3O3/c21-16(13-3-1-2-4-13)20-11-17(12-20)9-14(5-8-22-17)23-15-10-18-6-7-19-15/h3,6-7,10,14H,1-2,4-5,8-9,11-12H2/t14-/m1/s1. The van der Waals surface area contributed by atoms with Crippen LogP contribution in [0.5, 0.6) is 5.88 Å². The van der Waals surface area contributed by atoms with Crippen LogP contribution in [0.15, 0.2) is 30.2 Å². The maximum atomic E-state index is 12.4. The number of likely N-dealkylation sites (tertiary alicyclic amines) is 1. The van der Waals surface area contributed by atoms with Gasteiger partial charge in [-0.05, 0) is 19.3 Å². The van der Waals surface area contributed by atoms with Gasteiger partial charge in [-0.1, -0.05) is 6.08 Å². The molecule has 0 unspecified atom stereocenters. The molecule has 122 valence electrons. The van der Waals surface area contributed by atoms with E-state index in [-0.39, 0.29) is 17.6 Å². The lowest BCUT2D eigenvalue weighted by Gasteiger charge is -2.52. The SMILES string of the molecule is O=C(C1=CCCC1)N1CC2(C[C@H](Oc3cnccn3)CCO2)C1. The number of aromatic nitrogens is 2. The van der Waals surface area contributed by atoms with Crippen LogP contribution in [-0.2, 0) is 9.53 Å². The second-order valence-corrected chi connectivity index (χ2v) is 6.59. The Hall–Kier alpha value is -1.95. The lowest BCUT2D eigenvalue weighted by Crippen LogP contribution is -2.67. The highest BCUT2D eigenvalue weighted by Crippen LogP contribution is 2.37. The second-order valence-electron chi connectivity index (χ2n) is 6.59. The van der Waals surface area contributed by atoms with E-state index in [4.69, 9.17) is 9.47 Å². The molecule has 6 heteroatoms. The van der Waals surface area contributed by atoms with Crippen molar-refractivity contribution in [2.45, 2.75) is 43.8 Å². The van der Waals surface area contributed by atoms with E-state index in [0.717, 1.165) is 37.7 Å². The summed E-state index contributed by atoms with van der Waals surface area (Å²) in [7, 11) is 0. The normalized spacial score (nSPS) is 25.8. The first-order valence-electron chi connectivity index (χ1n) is 8.29. The number of hydrogen-bond acceptors (Lipinski definition) is 5. The second kappa shape index (κ2) is 5.92. The largest absolute Gasteiger partial charge is 0.473 e. The molecule has 1 amide bonds. The monoisotopic (exact) mass is 315 g/mol. The van der Waals surface area contributed by atoms with Crippen LogP contribution in [0.1, 0.15) is 32.1 Å². The highest BCUT2D eigenvalue weighted by atomic mass is 16.5. The van der Waals surface area contributed by atoms with Gasteiger partial charge in [0.1, 0.15) is 11.7 Å². The third-order valence-corrected chi connectivity index (χ3v) is 4.84. The Bertz CT molecular complexity index is 611. The Morgan fingerprint density at radius 1 is 1.39 bits per heavy atom. The average Bonchev–Trinajstić information content (AvgIpc) is 3.07. The number of amides is 1. The molecule has 0 N–H and O–H groups in total. The Balaban J connectivity index is 1.34. The van der Waals surface area contributed by atoms with Crippen LogP contribution in [0.3, 0.4) is 0 Å². The van der Waals surface area contributed by atoms with Crippen LogP contribution in [-0.4, -0.2) is 52.2 Å². The molecular weight excluding hydrogens is 294 g/mol. The predicted octanol–water partition coefficient (Wildman–Crippen LogP) is 1.73. The summed E-state index contributed by atoms with van der Waals surface area (Å²) in [5.41, 5.74) is 0.739. The average molecular weight is 315 g/mol. The Morgan fingerprint density at radius 3 is 3.04 bits per heavy atom. The first-order valence-corrected chi connectivity index (χ1v) is 8.29. The maximum absolute atomic E-state index is 12.4. The number of rotatable bonds is 3. The number of carbonyl (C=O) groups is 1. The minimum absolute atomic E-state index is 0.0726. The van der Waals surface area contributed by atoms with Crippen molar-refractivity contribution in [3.8, 4) is 5.88 Å². The number of carbonyl (C=O) groups excluding carboxylic acids is 1. The lowest BCUT2D eigenvalue weighted by atomic mass is 9.84. The molecule has 0 bridgehead atoms. The minimum atomic E-state index is -0.236. The molecule has 3 aliphatic rings. The van der Waals surface area contributed by atoms with E-state index >= 15 is 0 Å². The molecule has 1 aliphatic carbocycles. The first kappa shape index (κ1) is 14.6. The van der Waals surface area contributed by atoms with Crippen molar-refractivity contribution in [1.82, 2.24) is 14.9 Å². The van der Waals surface area contributed by atoms with Crippen LogP contribution >= 0.6 is 0 Å². The molecule has 2 saturated heterocycles. The molecule has 4 rings (SSSR count). The lowest BCUT2D eigenvalue weighted by molar-refractivity contribution is -0.191. The third-order valence-electron chi connectivity index (χ3n) is 4.84. The van der Waals surface area contributed by atoms with Gasteiger partial charge in [-0.2, -0.15) is 0 Å². The molecule has 3 heterocycles. The summed E-state index contributed by atoms with van der Waals surface area (Å²) in [6, 6.07) is 0. The van der Waals surface area contributed by atoms with Gasteiger partial charge in [0.25, 0.3) is 0 Å². The van der Waals surface area contributed by atoms with E-state index in [9.17, 15) is 4.79 Å². The Kier molecular flexibility index (Phi) is 3.77. The molecule has 23 heavy (non-hydrogen) atoms. The van der Waals surface area contributed by atoms with E-state index in [0.29, 0.717) is 25.6 Å². The van der Waals surface area contributed by atoms with Gasteiger partial charge in [-0.25, -0.2) is 4.98 Å². The van der Waals surface area contributed by atoms with Crippen molar-refractivity contribution in [1.29, 1.82) is 0 Å². The molecule has 0 saturated carbocycles. The summed E-state index contributed by atoms with van der Waals surface area (Å²) in [4.78, 5) is 22.5. The van der Waals surface area contributed by atoms with Crippen LogP contribution in [0.4, 0.5) is 0 Å². The number of ether oxygens (including phenoxy) is 2. The van der Waals surface area contributed by atoms with E-state index in [1.807, 2.05) is 4.90 Å². The van der Waals surface area contributed by atoms with E-state index < -0.39 is 0 Å². The van der Waals surface area contributed by atoms with Crippen molar-refractivity contribution >= 4 is 5.91 Å². The molecule has 1 aromatic rings. The summed E-state index contributed by atoms with van der Waals surface area (Å²) in [6.07, 6.45) is 11.7. The minimum Gasteiger partial charge on any atom is -0.473 e. The van der Waals surface area contributed by atoms with Gasteiger partial charge in [0.2, 0.25) is 11.8 Å². The first-order chi connectivity index (χ1) is 11.2. The van der Waals surface area contributed by atoms with Gasteiger partial charge in [-0.15, -0.1) is 0 Å². The smallest absolute Gasteiger partial charge is 0.249 e. The van der Waals surface area contributed by atoms with Gasteiger partial charge in [-0.3, -0.25) is 9.78 Å². The molecule has 6 nitrogen and oxygen atoms in total. The quantitative estimate of drug-likeness (QED) is 0.850. The Labute approximate surface area is 135 Å². The molecule has 1 spiro atoms. The molecular formula is C17H21N3O3. The zero-order chi connectivity index (χ0) is 15.7. The van der Waals surface area contributed by atoms with Gasteiger partial charge in [0.15, 0.2) is 0 Å². The molecule has 1 atom stereocenters. The fraction of sp³-hybridized carbons (Fsp3) is 0.588. The summed E-state index contributed by atoms with van der Waals surface area (Å²) in [5, 5.41) is 0. The number of hydrogen-bond donors (Lipinski definition) is 0. The van der Waals surface area contributed by atoms with Crippen LogP contribution in [0.2, 0.25) is 0 Å². The van der Waals surface area contributed by atoms with Crippen molar-refractivity contribution in [3.63, 3.8) is 0 Å². The number of nitrogens with zero attached hydrogens (tertiary/aromatic N) is 3. The van der Waals surface area contributed by atoms with Gasteiger partial charge in [0.05, 0.1) is 25.9 Å². The molecule has 2 fully saturated rings. The molecule has 0 aromatic carbocycles. The molecule has 0 radical (unpaired) electrons. The predicted molar refractivity (Wildman–Crippen MR) is 82.9 cm³/mol. The van der Waals surface area contributed by atoms with Crippen LogP contribution in [0.25, 0.3) is 0 Å². The summed E-state index contributed by atoms with van der Waals surface area (Å²) in [6.45, 7) is 2.00. The fourth-order valence-electron chi connectivity index (χ4n) is 3.68. The zero-order valence-electron chi connectivity index (χ0n) is 13.1. The molecule has 2 aliphatic heterocycles. The summed E-state index contributed by atoms with van der Waals surface area (Å²) < 4.78 is 11.9. The van der Waals surface area contributed by atoms with E-state index in [1.165, 1.54) is 0 Å². The summed E-state index contributed by atoms with van der Waals surface area (Å²) >= 11 is 0. The van der Waals surface area contributed by atoms with E-state index in [2.05, 4.69) is 16.0 Å². The van der Waals surface area contributed by atoms with Crippen molar-refractivity contribution in [2.75, 3.05) is 19.7 Å². The third kappa shape index (κ3) is 2.95. The number of allylic oxidation sites excluding steroid dienone is 1. The van der Waals surface area contributed by atoms with Crippen LogP contribution in [0, 0.1) is 0 Å². The fourth-order valence-corrected chi connectivity index (χ4v) is 3.68. The highest BCUT2D eigenvalue weighted by molar-refractivity contribution is 5.94. The van der Waals surface area contributed by atoms with E-state index in [1.54, 1.807) is 18.6 Å². The van der Waals surface area contributed by atoms with Crippen molar-refractivity contribution in [3.05, 3.63) is 30.2 Å². The van der Waals surface area contributed by atoms with Gasteiger partial charge in [0, 0.05) is 30.8 Å². The summed E-state index contributed by atoms with van der Waals surface area (Å²) in [5.74, 6) is 0.742. The highest BCUT2D eigenvalue weighted by Gasteiger charge is 2.50. The maximum Gasteiger partial charge on any atom is 0.249 e. The van der Waals surface area contributed by atoms with Gasteiger partial charge >= 0.3 is 0 Å². The topological polar surface area (TPSA) is 64.6 Å². The van der Waals surface area contributed by atoms with Crippen molar-refractivity contribution in [2.24, 2.45) is 0 Å².